The predicted octanol–water partition coefficient (Wildman–Crippen LogP) is 4.18. The predicted molar refractivity (Wildman–Crippen MR) is 80.5 cm³/mol. The largest absolute Gasteiger partial charge is 0.260 e. The van der Waals surface area contributed by atoms with Crippen LogP contribution in [0.25, 0.3) is 0 Å². The second kappa shape index (κ2) is 5.99. The first-order valence-electron chi connectivity index (χ1n) is 6.50. The summed E-state index contributed by atoms with van der Waals surface area (Å²) in [7, 11) is 0. The van der Waals surface area contributed by atoms with Gasteiger partial charge in [0, 0.05) is 23.4 Å². The van der Waals surface area contributed by atoms with Crippen LogP contribution in [0.4, 0.5) is 0 Å². The van der Waals surface area contributed by atoms with Gasteiger partial charge in [0.2, 0.25) is 0 Å². The minimum atomic E-state index is 0.456. The van der Waals surface area contributed by atoms with E-state index in [9.17, 15) is 0 Å². The van der Waals surface area contributed by atoms with Crippen LogP contribution in [0.2, 0.25) is 0 Å². The molecule has 0 atom stereocenters. The van der Waals surface area contributed by atoms with Crippen molar-refractivity contribution in [2.45, 2.75) is 39.5 Å². The standard InChI is InChI=1S/C16H18N2S/c1-11(2)15-8-6-13(9-17-15)5-7-14-10-18-16(19-14)12(3)4/h6,8-12H,1-4H3. The average Bonchev–Trinajstić information content (AvgIpc) is 2.86. The summed E-state index contributed by atoms with van der Waals surface area (Å²) in [6, 6.07) is 4.07. The summed E-state index contributed by atoms with van der Waals surface area (Å²) in [6.45, 7) is 8.56. The lowest BCUT2D eigenvalue weighted by Crippen LogP contribution is -1.91. The Morgan fingerprint density at radius 2 is 1.74 bits per heavy atom. The van der Waals surface area contributed by atoms with Crippen LogP contribution in [-0.4, -0.2) is 9.97 Å². The van der Waals surface area contributed by atoms with E-state index in [1.807, 2.05) is 24.5 Å². The monoisotopic (exact) mass is 270 g/mol. The molecule has 3 heteroatoms. The SMILES string of the molecule is CC(C)c1ccc(C#Cc2cnc(C(C)C)s2)cn1. The van der Waals surface area contributed by atoms with Gasteiger partial charge in [-0.05, 0) is 24.0 Å². The number of rotatable bonds is 2. The maximum Gasteiger partial charge on any atom is 0.0973 e. The zero-order valence-electron chi connectivity index (χ0n) is 11.8. The Morgan fingerprint density at radius 1 is 0.947 bits per heavy atom. The zero-order valence-corrected chi connectivity index (χ0v) is 12.6. The third kappa shape index (κ3) is 3.65. The third-order valence-electron chi connectivity index (χ3n) is 2.73. The first-order valence-corrected chi connectivity index (χ1v) is 7.31. The molecule has 0 aromatic carbocycles. The topological polar surface area (TPSA) is 25.8 Å². The fourth-order valence-corrected chi connectivity index (χ4v) is 2.34. The molecule has 0 saturated heterocycles. The number of hydrogen-bond donors (Lipinski definition) is 0. The van der Waals surface area contributed by atoms with Gasteiger partial charge in [0.05, 0.1) is 16.1 Å². The molecule has 0 N–H and O–H groups in total. The van der Waals surface area contributed by atoms with Crippen molar-refractivity contribution in [3.63, 3.8) is 0 Å². The van der Waals surface area contributed by atoms with E-state index in [4.69, 9.17) is 0 Å². The molecule has 2 aromatic rings. The molecule has 2 nitrogen and oxygen atoms in total. The second-order valence-corrected chi connectivity index (χ2v) is 6.16. The summed E-state index contributed by atoms with van der Waals surface area (Å²) in [5.74, 6) is 7.21. The molecule has 0 bridgehead atoms. The van der Waals surface area contributed by atoms with Crippen molar-refractivity contribution >= 4 is 11.3 Å². The summed E-state index contributed by atoms with van der Waals surface area (Å²) in [5, 5.41) is 1.14. The van der Waals surface area contributed by atoms with Crippen LogP contribution in [0.3, 0.4) is 0 Å². The van der Waals surface area contributed by atoms with Crippen molar-refractivity contribution in [1.82, 2.24) is 9.97 Å². The highest BCUT2D eigenvalue weighted by Gasteiger charge is 2.03. The van der Waals surface area contributed by atoms with E-state index in [0.717, 1.165) is 21.1 Å². The van der Waals surface area contributed by atoms with Crippen LogP contribution in [0.5, 0.6) is 0 Å². The van der Waals surface area contributed by atoms with Crippen molar-refractivity contribution in [2.24, 2.45) is 0 Å². The second-order valence-electron chi connectivity index (χ2n) is 5.09. The maximum atomic E-state index is 4.41. The van der Waals surface area contributed by atoms with Crippen LogP contribution in [0, 0.1) is 11.8 Å². The van der Waals surface area contributed by atoms with Crippen LogP contribution in [0.15, 0.2) is 24.5 Å². The summed E-state index contributed by atoms with van der Waals surface area (Å²) >= 11 is 1.66. The summed E-state index contributed by atoms with van der Waals surface area (Å²) in [5.41, 5.74) is 2.05. The first kappa shape index (κ1) is 13.8. The van der Waals surface area contributed by atoms with Gasteiger partial charge in [-0.2, -0.15) is 0 Å². The molecule has 0 radical (unpaired) electrons. The lowest BCUT2D eigenvalue weighted by atomic mass is 10.1. The van der Waals surface area contributed by atoms with E-state index in [0.29, 0.717) is 11.8 Å². The minimum absolute atomic E-state index is 0.456. The molecule has 0 fully saturated rings. The molecule has 0 saturated carbocycles. The average molecular weight is 270 g/mol. The molecule has 19 heavy (non-hydrogen) atoms. The lowest BCUT2D eigenvalue weighted by Gasteiger charge is -2.02. The van der Waals surface area contributed by atoms with Gasteiger partial charge < -0.3 is 0 Å². The molecule has 0 aliphatic carbocycles. The van der Waals surface area contributed by atoms with E-state index in [1.165, 1.54) is 0 Å². The number of thiazole rings is 1. The van der Waals surface area contributed by atoms with Gasteiger partial charge in [-0.25, -0.2) is 4.98 Å². The van der Waals surface area contributed by atoms with Gasteiger partial charge in [-0.15, -0.1) is 11.3 Å². The van der Waals surface area contributed by atoms with E-state index in [1.54, 1.807) is 11.3 Å². The molecule has 2 aromatic heterocycles. The van der Waals surface area contributed by atoms with E-state index in [-0.39, 0.29) is 0 Å². The molecule has 0 amide bonds. The highest BCUT2D eigenvalue weighted by Crippen LogP contribution is 2.20. The number of aromatic nitrogens is 2. The molecule has 0 spiro atoms. The van der Waals surface area contributed by atoms with Gasteiger partial charge in [-0.3, -0.25) is 4.98 Å². The molecule has 2 heterocycles. The Labute approximate surface area is 118 Å². The summed E-state index contributed by atoms with van der Waals surface area (Å²) in [4.78, 5) is 9.79. The Balaban J connectivity index is 2.14. The van der Waals surface area contributed by atoms with E-state index >= 15 is 0 Å². The normalized spacial score (nSPS) is 10.6. The Hall–Kier alpha value is -1.66. The molecule has 0 unspecified atom stereocenters. The summed E-state index contributed by atoms with van der Waals surface area (Å²) in [6.07, 6.45) is 3.69. The minimum Gasteiger partial charge on any atom is -0.260 e. The number of nitrogens with zero attached hydrogens (tertiary/aromatic N) is 2. The van der Waals surface area contributed by atoms with Gasteiger partial charge in [0.1, 0.15) is 0 Å². The quantitative estimate of drug-likeness (QED) is 0.765. The highest BCUT2D eigenvalue weighted by molar-refractivity contribution is 7.12. The van der Waals surface area contributed by atoms with Gasteiger partial charge in [0.25, 0.3) is 0 Å². The third-order valence-corrected chi connectivity index (χ3v) is 3.94. The molecule has 0 aliphatic rings. The molecule has 2 rings (SSSR count). The van der Waals surface area contributed by atoms with Crippen molar-refractivity contribution in [3.05, 3.63) is 45.7 Å². The molecular formula is C16H18N2S. The Morgan fingerprint density at radius 3 is 2.26 bits per heavy atom. The van der Waals surface area contributed by atoms with Crippen molar-refractivity contribution in [1.29, 1.82) is 0 Å². The van der Waals surface area contributed by atoms with Crippen LogP contribution in [-0.2, 0) is 0 Å². The fourth-order valence-electron chi connectivity index (χ4n) is 1.57. The molecule has 98 valence electrons. The molecular weight excluding hydrogens is 252 g/mol. The number of hydrogen-bond acceptors (Lipinski definition) is 3. The van der Waals surface area contributed by atoms with Crippen molar-refractivity contribution < 1.29 is 0 Å². The molecule has 0 aliphatic heterocycles. The fraction of sp³-hybridized carbons (Fsp3) is 0.375. The Kier molecular flexibility index (Phi) is 4.34. The van der Waals surface area contributed by atoms with E-state index < -0.39 is 0 Å². The van der Waals surface area contributed by atoms with Gasteiger partial charge in [0.15, 0.2) is 0 Å². The van der Waals surface area contributed by atoms with Gasteiger partial charge >= 0.3 is 0 Å². The van der Waals surface area contributed by atoms with Gasteiger partial charge in [-0.1, -0.05) is 33.6 Å². The maximum absolute atomic E-state index is 4.41. The lowest BCUT2D eigenvalue weighted by molar-refractivity contribution is 0.822. The van der Waals surface area contributed by atoms with Crippen molar-refractivity contribution in [2.75, 3.05) is 0 Å². The van der Waals surface area contributed by atoms with E-state index in [2.05, 4.69) is 49.5 Å². The zero-order chi connectivity index (χ0) is 13.8. The first-order chi connectivity index (χ1) is 9.06. The summed E-state index contributed by atoms with van der Waals surface area (Å²) < 4.78 is 0. The highest BCUT2D eigenvalue weighted by atomic mass is 32.1. The smallest absolute Gasteiger partial charge is 0.0973 e. The van der Waals surface area contributed by atoms with Crippen LogP contribution in [0.1, 0.15) is 60.7 Å². The Bertz CT molecular complexity index is 598. The number of pyridine rings is 1. The van der Waals surface area contributed by atoms with Crippen LogP contribution < -0.4 is 0 Å². The van der Waals surface area contributed by atoms with Crippen molar-refractivity contribution in [3.8, 4) is 11.8 Å². The van der Waals surface area contributed by atoms with Crippen LogP contribution >= 0.6 is 11.3 Å².